The Morgan fingerprint density at radius 1 is 1.12 bits per heavy atom. The summed E-state index contributed by atoms with van der Waals surface area (Å²) in [4.78, 5) is 32.1. The lowest BCUT2D eigenvalue weighted by molar-refractivity contribution is 0.0690. The van der Waals surface area contributed by atoms with Crippen LogP contribution in [0.3, 0.4) is 0 Å². The zero-order chi connectivity index (χ0) is 31.9. The Bertz CT molecular complexity index is 1710. The quantitative estimate of drug-likeness (QED) is 0.226. The Balaban J connectivity index is 0.000000546. The lowest BCUT2D eigenvalue weighted by Gasteiger charge is -2.24. The van der Waals surface area contributed by atoms with Gasteiger partial charge in [-0.25, -0.2) is 18.2 Å². The van der Waals surface area contributed by atoms with E-state index in [1.165, 1.54) is 24.2 Å². The molecule has 1 amide bonds. The van der Waals surface area contributed by atoms with Gasteiger partial charge in [-0.05, 0) is 59.4 Å². The van der Waals surface area contributed by atoms with Crippen molar-refractivity contribution in [2.24, 2.45) is 5.73 Å². The lowest BCUT2D eigenvalue weighted by atomic mass is 9.86. The van der Waals surface area contributed by atoms with Gasteiger partial charge >= 0.3 is 5.97 Å². The van der Waals surface area contributed by atoms with Crippen LogP contribution in [0.4, 0.5) is 11.4 Å². The van der Waals surface area contributed by atoms with Crippen LogP contribution in [0.5, 0.6) is 5.75 Å². The predicted octanol–water partition coefficient (Wildman–Crippen LogP) is 4.35. The molecule has 5 N–H and O–H groups in total. The number of aromatic carboxylic acids is 1. The number of sulfonamides is 1. The van der Waals surface area contributed by atoms with E-state index in [2.05, 4.69) is 20.0 Å². The zero-order valence-corrected chi connectivity index (χ0v) is 25.7. The molecular formula is C30H36N6O6S. The van der Waals surface area contributed by atoms with E-state index in [0.717, 1.165) is 22.9 Å². The molecule has 4 aromatic rings. The Morgan fingerprint density at radius 2 is 1.81 bits per heavy atom. The molecule has 228 valence electrons. The minimum Gasteiger partial charge on any atom is -0.492 e. The molecule has 12 nitrogen and oxygen atoms in total. The molecule has 2 aromatic heterocycles. The van der Waals surface area contributed by atoms with Gasteiger partial charge in [0.2, 0.25) is 10.0 Å². The fourth-order valence-electron chi connectivity index (χ4n) is 3.96. The van der Waals surface area contributed by atoms with Crippen LogP contribution in [0.2, 0.25) is 0 Å². The van der Waals surface area contributed by atoms with E-state index in [4.69, 9.17) is 15.6 Å². The number of aromatic nitrogens is 3. The number of nitrogens with two attached hydrogens (primary N) is 1. The average Bonchev–Trinajstić information content (AvgIpc) is 3.43. The third-order valence-electron chi connectivity index (χ3n) is 6.21. The molecule has 0 spiro atoms. The first-order valence-electron chi connectivity index (χ1n) is 13.1. The maximum absolute atomic E-state index is 13.2. The number of anilines is 2. The molecule has 0 bridgehead atoms. The summed E-state index contributed by atoms with van der Waals surface area (Å²) in [6.45, 7) is 8.30. The van der Waals surface area contributed by atoms with Crippen LogP contribution in [0.15, 0.2) is 67.4 Å². The molecule has 2 heterocycles. The van der Waals surface area contributed by atoms with Crippen molar-refractivity contribution in [3.05, 3.63) is 95.3 Å². The van der Waals surface area contributed by atoms with E-state index in [0.29, 0.717) is 23.5 Å². The third kappa shape index (κ3) is 8.87. The highest BCUT2D eigenvalue weighted by atomic mass is 32.2. The average molecular weight is 609 g/mol. The summed E-state index contributed by atoms with van der Waals surface area (Å²) >= 11 is 0. The number of aryl methyl sites for hydroxylation is 1. The normalized spacial score (nSPS) is 11.2. The van der Waals surface area contributed by atoms with Crippen molar-refractivity contribution < 1.29 is 27.9 Å². The lowest BCUT2D eigenvalue weighted by Crippen LogP contribution is -2.18. The minimum atomic E-state index is -3.61. The first-order chi connectivity index (χ1) is 20.1. The summed E-state index contributed by atoms with van der Waals surface area (Å²) < 4.78 is 33.3. The summed E-state index contributed by atoms with van der Waals surface area (Å²) in [5.74, 6) is -1.44. The van der Waals surface area contributed by atoms with Crippen LogP contribution < -0.4 is 20.5 Å². The van der Waals surface area contributed by atoms with Crippen LogP contribution in [0, 0.1) is 6.92 Å². The molecule has 0 fully saturated rings. The molecule has 43 heavy (non-hydrogen) atoms. The van der Waals surface area contributed by atoms with E-state index in [1.807, 2.05) is 39.8 Å². The molecule has 0 unspecified atom stereocenters. The molecule has 4 rings (SSSR count). The van der Waals surface area contributed by atoms with E-state index < -0.39 is 21.9 Å². The molecule has 0 aliphatic rings. The van der Waals surface area contributed by atoms with E-state index >= 15 is 0 Å². The maximum Gasteiger partial charge on any atom is 0.356 e. The first kappa shape index (κ1) is 32.8. The van der Waals surface area contributed by atoms with Crippen molar-refractivity contribution in [2.45, 2.75) is 39.7 Å². The Hall–Kier alpha value is -4.75. The van der Waals surface area contributed by atoms with Gasteiger partial charge in [0.1, 0.15) is 6.33 Å². The third-order valence-corrected chi connectivity index (χ3v) is 6.80. The van der Waals surface area contributed by atoms with Crippen molar-refractivity contribution in [2.75, 3.05) is 23.4 Å². The second-order valence-electron chi connectivity index (χ2n) is 10.7. The largest absolute Gasteiger partial charge is 0.492 e. The van der Waals surface area contributed by atoms with Crippen LogP contribution in [0.1, 0.15) is 58.3 Å². The fraction of sp³-hybridized carbons (Fsp3) is 0.267. The van der Waals surface area contributed by atoms with Crippen LogP contribution in [-0.4, -0.2) is 53.3 Å². The van der Waals surface area contributed by atoms with Crippen LogP contribution in [-0.2, 0) is 22.0 Å². The van der Waals surface area contributed by atoms with Gasteiger partial charge in [-0.1, -0.05) is 32.9 Å². The Kier molecular flexibility index (Phi) is 10.3. The van der Waals surface area contributed by atoms with Crippen LogP contribution >= 0.6 is 0 Å². The Labute approximate surface area is 251 Å². The number of carboxylic acids is 1. The highest BCUT2D eigenvalue weighted by Gasteiger charge is 2.23. The SMILES string of the molecule is COc1c(NC(=O)c2ccc(C)c(-n3cnc(C(=O)O)c3)c2)cc(C(C)(C)C)cc1NS(C)(=O)=O.NCc1cccnc1. The molecule has 0 radical (unpaired) electrons. The summed E-state index contributed by atoms with van der Waals surface area (Å²) in [6, 6.07) is 12.2. The molecule has 0 saturated heterocycles. The molecule has 0 saturated carbocycles. The van der Waals surface area contributed by atoms with Crippen molar-refractivity contribution in [1.82, 2.24) is 14.5 Å². The van der Waals surface area contributed by atoms with Crippen molar-refractivity contribution in [1.29, 1.82) is 0 Å². The first-order valence-corrected chi connectivity index (χ1v) is 15.0. The van der Waals surface area contributed by atoms with Gasteiger partial charge in [0.05, 0.1) is 30.4 Å². The highest BCUT2D eigenvalue weighted by molar-refractivity contribution is 7.92. The van der Waals surface area contributed by atoms with Gasteiger partial charge in [-0.15, -0.1) is 0 Å². The minimum absolute atomic E-state index is 0.117. The van der Waals surface area contributed by atoms with Gasteiger partial charge in [-0.2, -0.15) is 0 Å². The molecule has 0 aliphatic carbocycles. The fourth-order valence-corrected chi connectivity index (χ4v) is 4.51. The molecule has 0 atom stereocenters. The summed E-state index contributed by atoms with van der Waals surface area (Å²) in [7, 11) is -2.22. The number of pyridine rings is 1. The zero-order valence-electron chi connectivity index (χ0n) is 24.9. The molecule has 13 heteroatoms. The van der Waals surface area contributed by atoms with Crippen molar-refractivity contribution in [3.8, 4) is 11.4 Å². The standard InChI is InChI=1S/C24H28N4O6S.C6H8N2/c1-14-7-8-15(9-20(14)28-12-19(23(30)31)25-13-28)22(29)26-17-10-16(24(2,3)4)11-18(21(17)34-5)27-35(6,32)33;7-4-6-2-1-3-8-5-6/h7-13,27H,1-6H3,(H,26,29)(H,30,31);1-3,5H,4,7H2. The topological polar surface area (TPSA) is 179 Å². The highest BCUT2D eigenvalue weighted by Crippen LogP contribution is 2.39. The van der Waals surface area contributed by atoms with Gasteiger partial charge < -0.3 is 25.5 Å². The van der Waals surface area contributed by atoms with Gasteiger partial charge in [-0.3, -0.25) is 14.5 Å². The number of hydrogen-bond acceptors (Lipinski definition) is 8. The number of ether oxygens (including phenoxy) is 1. The number of nitrogens with zero attached hydrogens (tertiary/aromatic N) is 3. The number of benzene rings is 2. The number of imidazole rings is 1. The predicted molar refractivity (Wildman–Crippen MR) is 166 cm³/mol. The number of hydrogen-bond donors (Lipinski definition) is 4. The van der Waals surface area contributed by atoms with Crippen molar-refractivity contribution >= 4 is 33.3 Å². The van der Waals surface area contributed by atoms with Crippen LogP contribution in [0.25, 0.3) is 5.69 Å². The summed E-state index contributed by atoms with van der Waals surface area (Å²) in [5.41, 5.74) is 8.92. The molecule has 0 aliphatic heterocycles. The van der Waals surface area contributed by atoms with Gasteiger partial charge in [0.25, 0.3) is 5.91 Å². The number of methoxy groups -OCH3 is 1. The van der Waals surface area contributed by atoms with E-state index in [9.17, 15) is 18.0 Å². The molecular weight excluding hydrogens is 572 g/mol. The Morgan fingerprint density at radius 3 is 2.33 bits per heavy atom. The smallest absolute Gasteiger partial charge is 0.356 e. The second-order valence-corrected chi connectivity index (χ2v) is 12.5. The number of carboxylic acid groups (broad SMARTS) is 1. The van der Waals surface area contributed by atoms with E-state index in [1.54, 1.807) is 42.7 Å². The molecule has 2 aromatic carbocycles. The monoisotopic (exact) mass is 608 g/mol. The number of carbonyl (C=O) groups is 2. The van der Waals surface area contributed by atoms with Crippen molar-refractivity contribution in [3.63, 3.8) is 0 Å². The van der Waals surface area contributed by atoms with E-state index in [-0.39, 0.29) is 22.5 Å². The van der Waals surface area contributed by atoms with Gasteiger partial charge in [0.15, 0.2) is 11.4 Å². The number of rotatable bonds is 8. The maximum atomic E-state index is 13.2. The van der Waals surface area contributed by atoms with Gasteiger partial charge in [0, 0.05) is 30.7 Å². The number of amides is 1. The second kappa shape index (κ2) is 13.5. The number of carbonyl (C=O) groups excluding carboxylic acids is 1. The summed E-state index contributed by atoms with van der Waals surface area (Å²) in [5, 5.41) is 12.0. The number of nitrogens with one attached hydrogen (secondary N) is 2. The summed E-state index contributed by atoms with van der Waals surface area (Å²) in [6.07, 6.45) is 7.27.